The van der Waals surface area contributed by atoms with E-state index in [4.69, 9.17) is 11.6 Å². The van der Waals surface area contributed by atoms with E-state index >= 15 is 0 Å². The molecule has 2 aromatic heterocycles. The fraction of sp³-hybridized carbons (Fsp3) is 0.700. The van der Waals surface area contributed by atoms with Crippen molar-refractivity contribution >= 4 is 17.5 Å². The molecule has 0 radical (unpaired) electrons. The summed E-state index contributed by atoms with van der Waals surface area (Å²) >= 11 is 6.02. The lowest BCUT2D eigenvalue weighted by Gasteiger charge is -2.61. The topological polar surface area (TPSA) is 77.6 Å². The summed E-state index contributed by atoms with van der Waals surface area (Å²) in [4.78, 5) is 17.7. The van der Waals surface area contributed by atoms with E-state index in [9.17, 15) is 4.79 Å². The zero-order valence-electron chi connectivity index (χ0n) is 16.7. The summed E-state index contributed by atoms with van der Waals surface area (Å²) in [5.41, 5.74) is 1.62. The van der Waals surface area contributed by atoms with Crippen LogP contribution in [0.4, 0.5) is 0 Å². The molecule has 4 aliphatic rings. The normalized spacial score (nSPS) is 34.6. The molecule has 8 heteroatoms. The van der Waals surface area contributed by atoms with Crippen LogP contribution in [0.3, 0.4) is 0 Å². The number of aromatic nitrogens is 5. The molecular formula is C20H27ClN6O. The molecule has 4 aliphatic carbocycles. The summed E-state index contributed by atoms with van der Waals surface area (Å²) < 4.78 is 3.77. The average Bonchev–Trinajstić information content (AvgIpc) is 3.19. The number of hydrogen-bond donors (Lipinski definition) is 1. The number of nitrogens with zero attached hydrogens (tertiary/aromatic N) is 5. The minimum absolute atomic E-state index is 0.0500. The second kappa shape index (κ2) is 6.05. The van der Waals surface area contributed by atoms with Crippen LogP contribution in [0.2, 0.25) is 5.28 Å². The molecule has 2 heterocycles. The van der Waals surface area contributed by atoms with E-state index in [-0.39, 0.29) is 28.2 Å². The number of carbonyl (C=O) groups is 1. The first-order chi connectivity index (χ1) is 13.3. The lowest BCUT2D eigenvalue weighted by Crippen LogP contribution is -2.61. The van der Waals surface area contributed by atoms with Crippen molar-refractivity contribution in [2.75, 3.05) is 0 Å². The van der Waals surface area contributed by atoms with Crippen LogP contribution in [0.25, 0.3) is 0 Å². The van der Waals surface area contributed by atoms with Crippen LogP contribution in [0.1, 0.15) is 62.7 Å². The third-order valence-electron chi connectivity index (χ3n) is 7.33. The van der Waals surface area contributed by atoms with Gasteiger partial charge in [-0.1, -0.05) is 0 Å². The first-order valence-electron chi connectivity index (χ1n) is 10.2. The van der Waals surface area contributed by atoms with E-state index in [2.05, 4.69) is 27.4 Å². The van der Waals surface area contributed by atoms with Gasteiger partial charge in [0.2, 0.25) is 11.2 Å². The van der Waals surface area contributed by atoms with Gasteiger partial charge < -0.3 is 5.32 Å². The summed E-state index contributed by atoms with van der Waals surface area (Å²) in [6.07, 6.45) is 9.94. The number of amides is 1. The summed E-state index contributed by atoms with van der Waals surface area (Å²) in [5, 5.41) is 12.5. The molecule has 1 N–H and O–H groups in total. The van der Waals surface area contributed by atoms with Crippen LogP contribution in [-0.2, 0) is 17.4 Å². The van der Waals surface area contributed by atoms with Crippen LogP contribution in [0.15, 0.2) is 12.5 Å². The minimum Gasteiger partial charge on any atom is -0.349 e. The van der Waals surface area contributed by atoms with Gasteiger partial charge in [0.05, 0.1) is 22.7 Å². The maximum absolute atomic E-state index is 13.6. The Morgan fingerprint density at radius 1 is 1.29 bits per heavy atom. The molecule has 0 spiro atoms. The second-order valence-corrected chi connectivity index (χ2v) is 9.80. The van der Waals surface area contributed by atoms with Crippen molar-refractivity contribution in [3.63, 3.8) is 0 Å². The molecule has 0 saturated heterocycles. The van der Waals surface area contributed by atoms with E-state index in [0.29, 0.717) is 11.8 Å². The predicted octanol–water partition coefficient (Wildman–Crippen LogP) is 3.15. The van der Waals surface area contributed by atoms with Crippen LogP contribution < -0.4 is 5.32 Å². The standard InChI is InChI=1S/C20H27ClN6O/c1-12(16-9-26(3)24-13(16)2)23-17(28)19-5-14-4-15(6-19)8-20(7-14,10-19)27-11-22-18(21)25-27/h9,11-12,14-15H,4-8,10H2,1-3H3,(H,23,28). The summed E-state index contributed by atoms with van der Waals surface area (Å²) in [5.74, 6) is 1.34. The van der Waals surface area contributed by atoms with Gasteiger partial charge in [0, 0.05) is 18.8 Å². The first-order valence-corrected chi connectivity index (χ1v) is 10.6. The van der Waals surface area contributed by atoms with Gasteiger partial charge in [0.15, 0.2) is 0 Å². The Hall–Kier alpha value is -1.89. The van der Waals surface area contributed by atoms with Crippen molar-refractivity contribution in [1.82, 2.24) is 29.9 Å². The number of halogens is 1. The monoisotopic (exact) mass is 402 g/mol. The molecule has 3 atom stereocenters. The Balaban J connectivity index is 1.43. The number of aryl methyl sites for hydroxylation is 2. The van der Waals surface area contributed by atoms with Gasteiger partial charge in [0.1, 0.15) is 6.33 Å². The van der Waals surface area contributed by atoms with Crippen molar-refractivity contribution in [2.24, 2.45) is 24.3 Å². The van der Waals surface area contributed by atoms with Crippen LogP contribution >= 0.6 is 11.6 Å². The van der Waals surface area contributed by atoms with Gasteiger partial charge in [-0.15, -0.1) is 5.10 Å². The minimum atomic E-state index is -0.313. The van der Waals surface area contributed by atoms with Gasteiger partial charge >= 0.3 is 0 Å². The van der Waals surface area contributed by atoms with Crippen molar-refractivity contribution in [3.05, 3.63) is 29.1 Å². The molecule has 1 amide bonds. The number of carbonyl (C=O) groups excluding carboxylic acids is 1. The Bertz CT molecular complexity index is 919. The Morgan fingerprint density at radius 3 is 2.57 bits per heavy atom. The van der Waals surface area contributed by atoms with Crippen molar-refractivity contribution < 1.29 is 4.79 Å². The third kappa shape index (κ3) is 2.70. The molecule has 7 nitrogen and oxygen atoms in total. The maximum Gasteiger partial charge on any atom is 0.242 e. The van der Waals surface area contributed by atoms with Crippen LogP contribution in [-0.4, -0.2) is 30.5 Å². The predicted molar refractivity (Wildman–Crippen MR) is 105 cm³/mol. The zero-order chi connectivity index (χ0) is 19.7. The molecule has 0 aromatic carbocycles. The van der Waals surface area contributed by atoms with E-state index in [0.717, 1.165) is 43.4 Å². The zero-order valence-corrected chi connectivity index (χ0v) is 17.4. The average molecular weight is 403 g/mol. The second-order valence-electron chi connectivity index (χ2n) is 9.46. The molecule has 3 unspecified atom stereocenters. The van der Waals surface area contributed by atoms with E-state index in [1.165, 1.54) is 6.42 Å². The van der Waals surface area contributed by atoms with Gasteiger partial charge in [-0.25, -0.2) is 9.67 Å². The Labute approximate surface area is 169 Å². The molecule has 4 fully saturated rings. The number of hydrogen-bond acceptors (Lipinski definition) is 4. The SMILES string of the molecule is Cc1nn(C)cc1C(C)NC(=O)C12CC3CC(C1)CC(n1cnc(Cl)n1)(C3)C2. The Morgan fingerprint density at radius 2 is 2.00 bits per heavy atom. The number of nitrogens with one attached hydrogen (secondary N) is 1. The number of rotatable bonds is 4. The molecular weight excluding hydrogens is 376 g/mol. The highest BCUT2D eigenvalue weighted by Gasteiger charge is 2.61. The lowest BCUT2D eigenvalue weighted by atomic mass is 9.46. The maximum atomic E-state index is 13.6. The molecule has 4 saturated carbocycles. The van der Waals surface area contributed by atoms with Crippen LogP contribution in [0.5, 0.6) is 0 Å². The highest BCUT2D eigenvalue weighted by molar-refractivity contribution is 6.28. The van der Waals surface area contributed by atoms with Crippen molar-refractivity contribution in [1.29, 1.82) is 0 Å². The van der Waals surface area contributed by atoms with Gasteiger partial charge in [0.25, 0.3) is 0 Å². The summed E-state index contributed by atoms with van der Waals surface area (Å²) in [6.45, 7) is 4.04. The summed E-state index contributed by atoms with van der Waals surface area (Å²) in [6, 6.07) is -0.0500. The molecule has 0 aliphatic heterocycles. The highest BCUT2D eigenvalue weighted by Crippen LogP contribution is 2.64. The smallest absolute Gasteiger partial charge is 0.242 e. The molecule has 4 bridgehead atoms. The van der Waals surface area contributed by atoms with Crippen LogP contribution in [0, 0.1) is 24.2 Å². The van der Waals surface area contributed by atoms with Gasteiger partial charge in [-0.3, -0.25) is 9.48 Å². The largest absolute Gasteiger partial charge is 0.349 e. The van der Waals surface area contributed by atoms with E-state index in [1.807, 2.05) is 29.5 Å². The van der Waals surface area contributed by atoms with E-state index in [1.54, 1.807) is 6.33 Å². The van der Waals surface area contributed by atoms with Gasteiger partial charge in [-0.05, 0) is 75.8 Å². The first kappa shape index (κ1) is 18.2. The fourth-order valence-corrected chi connectivity index (χ4v) is 6.81. The van der Waals surface area contributed by atoms with E-state index < -0.39 is 0 Å². The molecule has 2 aromatic rings. The molecule has 150 valence electrons. The quantitative estimate of drug-likeness (QED) is 0.852. The summed E-state index contributed by atoms with van der Waals surface area (Å²) in [7, 11) is 1.91. The molecule has 28 heavy (non-hydrogen) atoms. The fourth-order valence-electron chi connectivity index (χ4n) is 6.69. The van der Waals surface area contributed by atoms with Crippen molar-refractivity contribution in [2.45, 2.75) is 64.0 Å². The van der Waals surface area contributed by atoms with Gasteiger partial charge in [-0.2, -0.15) is 5.10 Å². The molecule has 6 rings (SSSR count). The van der Waals surface area contributed by atoms with Crippen molar-refractivity contribution in [3.8, 4) is 0 Å². The Kier molecular flexibility index (Phi) is 3.92. The lowest BCUT2D eigenvalue weighted by molar-refractivity contribution is -0.156. The highest BCUT2D eigenvalue weighted by atomic mass is 35.5. The third-order valence-corrected chi connectivity index (χ3v) is 7.50.